The number of hydrazone groups is 1. The molecule has 1 aliphatic heterocycles. The molecule has 7 heteroatoms. The summed E-state index contributed by atoms with van der Waals surface area (Å²) in [4.78, 5) is 29.4. The number of ether oxygens (including phenoxy) is 1. The van der Waals surface area contributed by atoms with Crippen LogP contribution in [0, 0.1) is 0 Å². The summed E-state index contributed by atoms with van der Waals surface area (Å²) in [7, 11) is 1.62. The average Bonchev–Trinajstić information content (AvgIpc) is 3.34. The van der Waals surface area contributed by atoms with Gasteiger partial charge in [0.25, 0.3) is 5.56 Å². The second kappa shape index (κ2) is 9.99. The molecule has 5 rings (SSSR count). The van der Waals surface area contributed by atoms with Crippen LogP contribution in [-0.4, -0.2) is 28.7 Å². The lowest BCUT2D eigenvalue weighted by Crippen LogP contribution is -2.26. The lowest BCUT2D eigenvalue weighted by molar-refractivity contribution is -0.132. The monoisotopic (exact) mass is 499 g/mol. The highest BCUT2D eigenvalue weighted by molar-refractivity contribution is 6.31. The smallest absolute Gasteiger partial charge is 0.257 e. The second-order valence-corrected chi connectivity index (χ2v) is 9.23. The van der Waals surface area contributed by atoms with Gasteiger partial charge in [0.15, 0.2) is 0 Å². The van der Waals surface area contributed by atoms with Crippen molar-refractivity contribution >= 4 is 34.1 Å². The average molecular weight is 500 g/mol. The van der Waals surface area contributed by atoms with Crippen LogP contribution in [0.4, 0.5) is 0 Å². The molecule has 2 heterocycles. The van der Waals surface area contributed by atoms with E-state index in [0.29, 0.717) is 41.1 Å². The molecule has 0 spiro atoms. The predicted molar refractivity (Wildman–Crippen MR) is 143 cm³/mol. The number of hydrogen-bond acceptors (Lipinski definition) is 4. The number of aromatic amines is 1. The second-order valence-electron chi connectivity index (χ2n) is 8.79. The van der Waals surface area contributed by atoms with Gasteiger partial charge in [-0.1, -0.05) is 61.0 Å². The number of fused-ring (bicyclic) bond motifs is 1. The van der Waals surface area contributed by atoms with Crippen molar-refractivity contribution in [1.29, 1.82) is 0 Å². The number of amides is 1. The minimum atomic E-state index is -0.308. The van der Waals surface area contributed by atoms with E-state index < -0.39 is 0 Å². The molecule has 1 aromatic heterocycles. The zero-order chi connectivity index (χ0) is 25.2. The van der Waals surface area contributed by atoms with Crippen LogP contribution in [0.15, 0.2) is 82.7 Å². The summed E-state index contributed by atoms with van der Waals surface area (Å²) in [6, 6.07) is 22.7. The molecule has 0 bridgehead atoms. The van der Waals surface area contributed by atoms with E-state index in [2.05, 4.69) is 4.98 Å². The molecular formula is C29H26ClN3O3. The van der Waals surface area contributed by atoms with Gasteiger partial charge in [-0.15, -0.1) is 0 Å². The molecule has 36 heavy (non-hydrogen) atoms. The lowest BCUT2D eigenvalue weighted by Gasteiger charge is -2.21. The maximum Gasteiger partial charge on any atom is 0.257 e. The van der Waals surface area contributed by atoms with Gasteiger partial charge in [-0.3, -0.25) is 9.59 Å². The van der Waals surface area contributed by atoms with Crippen LogP contribution >= 0.6 is 11.6 Å². The van der Waals surface area contributed by atoms with Crippen molar-refractivity contribution in [3.05, 3.63) is 110 Å². The normalized spacial score (nSPS) is 15.2. The van der Waals surface area contributed by atoms with Crippen LogP contribution in [0.1, 0.15) is 48.1 Å². The number of carbonyl (C=O) groups is 1. The molecule has 3 aromatic carbocycles. The molecule has 0 aliphatic carbocycles. The van der Waals surface area contributed by atoms with Gasteiger partial charge in [0.1, 0.15) is 5.75 Å². The zero-order valence-electron chi connectivity index (χ0n) is 20.1. The summed E-state index contributed by atoms with van der Waals surface area (Å²) < 4.78 is 5.29. The molecule has 0 saturated carbocycles. The van der Waals surface area contributed by atoms with Crippen molar-refractivity contribution in [2.75, 3.05) is 7.11 Å². The van der Waals surface area contributed by atoms with Crippen LogP contribution in [0.3, 0.4) is 0 Å². The number of hydrogen-bond donors (Lipinski definition) is 1. The fraction of sp³-hybridized carbons (Fsp3) is 0.207. The molecule has 1 amide bonds. The van der Waals surface area contributed by atoms with Gasteiger partial charge >= 0.3 is 0 Å². The quantitative estimate of drug-likeness (QED) is 0.360. The molecule has 1 unspecified atom stereocenters. The van der Waals surface area contributed by atoms with Gasteiger partial charge in [-0.05, 0) is 53.4 Å². The molecule has 0 fully saturated rings. The number of methoxy groups -OCH3 is 1. The van der Waals surface area contributed by atoms with Crippen LogP contribution in [0.2, 0.25) is 5.02 Å². The largest absolute Gasteiger partial charge is 0.497 e. The summed E-state index contributed by atoms with van der Waals surface area (Å²) in [6.07, 6.45) is 1.27. The molecule has 1 aliphatic rings. The maximum absolute atomic E-state index is 13.5. The Kier molecular flexibility index (Phi) is 6.61. The van der Waals surface area contributed by atoms with E-state index in [9.17, 15) is 9.59 Å². The highest BCUT2D eigenvalue weighted by Gasteiger charge is 2.34. The molecule has 1 atom stereocenters. The van der Waals surface area contributed by atoms with Gasteiger partial charge in [-0.25, -0.2) is 5.01 Å². The first-order chi connectivity index (χ1) is 17.5. The fourth-order valence-electron chi connectivity index (χ4n) is 4.76. The van der Waals surface area contributed by atoms with E-state index in [1.807, 2.05) is 73.7 Å². The van der Waals surface area contributed by atoms with Crippen molar-refractivity contribution in [2.24, 2.45) is 5.10 Å². The Hall–Kier alpha value is -3.90. The molecule has 0 radical (unpaired) electrons. The zero-order valence-corrected chi connectivity index (χ0v) is 20.9. The summed E-state index contributed by atoms with van der Waals surface area (Å²) in [5, 5.41) is 7.71. The van der Waals surface area contributed by atoms with Crippen LogP contribution < -0.4 is 10.3 Å². The van der Waals surface area contributed by atoms with E-state index in [1.165, 1.54) is 5.01 Å². The molecular weight excluding hydrogens is 474 g/mol. The Morgan fingerprint density at radius 3 is 2.56 bits per heavy atom. The van der Waals surface area contributed by atoms with E-state index in [4.69, 9.17) is 21.4 Å². The van der Waals surface area contributed by atoms with Gasteiger partial charge in [-0.2, -0.15) is 5.10 Å². The van der Waals surface area contributed by atoms with Crippen molar-refractivity contribution in [2.45, 2.75) is 32.2 Å². The maximum atomic E-state index is 13.5. The van der Waals surface area contributed by atoms with Crippen LogP contribution in [-0.2, 0) is 11.2 Å². The fourth-order valence-corrected chi connectivity index (χ4v) is 4.93. The van der Waals surface area contributed by atoms with Gasteiger partial charge in [0.05, 0.1) is 24.4 Å². The highest BCUT2D eigenvalue weighted by atomic mass is 35.5. The summed E-state index contributed by atoms with van der Waals surface area (Å²) in [5.74, 6) is 0.634. The van der Waals surface area contributed by atoms with Gasteiger partial charge in [0.2, 0.25) is 5.91 Å². The Balaban J connectivity index is 1.66. The Morgan fingerprint density at radius 1 is 1.11 bits per heavy atom. The van der Waals surface area contributed by atoms with E-state index >= 15 is 0 Å². The number of halogens is 1. The molecule has 0 saturated heterocycles. The molecule has 182 valence electrons. The lowest BCUT2D eigenvalue weighted by atomic mass is 9.91. The number of benzene rings is 3. The van der Waals surface area contributed by atoms with E-state index in [-0.39, 0.29) is 17.5 Å². The number of rotatable bonds is 6. The first kappa shape index (κ1) is 23.8. The Morgan fingerprint density at radius 2 is 1.86 bits per heavy atom. The summed E-state index contributed by atoms with van der Waals surface area (Å²) in [5.41, 5.74) is 4.42. The van der Waals surface area contributed by atoms with E-state index in [0.717, 1.165) is 27.8 Å². The summed E-state index contributed by atoms with van der Waals surface area (Å²) in [6.45, 7) is 1.81. The number of nitrogens with zero attached hydrogens (tertiary/aromatic N) is 2. The standard InChI is InChI=1S/C29H26ClN3O3/c1-3-27(34)33-26(19-9-12-21(36-2)13-10-19)17-25(32-33)28-23(15-18-7-5-4-6-8-18)22-16-20(30)11-14-24(22)31-29(28)35/h4-14,16,26H,3,15,17H2,1-2H3,(H,31,35). The number of nitrogens with one attached hydrogen (secondary N) is 1. The molecule has 6 nitrogen and oxygen atoms in total. The number of H-pyrrole nitrogens is 1. The number of aromatic nitrogens is 1. The molecule has 1 N–H and O–H groups in total. The van der Waals surface area contributed by atoms with Gasteiger partial charge in [0, 0.05) is 28.8 Å². The summed E-state index contributed by atoms with van der Waals surface area (Å²) >= 11 is 6.37. The third kappa shape index (κ3) is 4.52. The van der Waals surface area contributed by atoms with Gasteiger partial charge < -0.3 is 9.72 Å². The third-order valence-electron chi connectivity index (χ3n) is 6.56. The number of carbonyl (C=O) groups excluding carboxylic acids is 1. The van der Waals surface area contributed by atoms with E-state index in [1.54, 1.807) is 13.2 Å². The Labute approximate surface area is 214 Å². The first-order valence-electron chi connectivity index (χ1n) is 11.9. The minimum absolute atomic E-state index is 0.101. The SMILES string of the molecule is CCC(=O)N1N=C(c2c(Cc3ccccc3)c3cc(Cl)ccc3[nH]c2=O)CC1c1ccc(OC)cc1. The third-order valence-corrected chi connectivity index (χ3v) is 6.80. The van der Waals surface area contributed by atoms with Crippen LogP contribution in [0.5, 0.6) is 5.75 Å². The van der Waals surface area contributed by atoms with Crippen LogP contribution in [0.25, 0.3) is 10.9 Å². The molecule has 4 aromatic rings. The topological polar surface area (TPSA) is 74.8 Å². The minimum Gasteiger partial charge on any atom is -0.497 e. The Bertz CT molecular complexity index is 1510. The predicted octanol–water partition coefficient (Wildman–Crippen LogP) is 5.87. The van der Waals surface area contributed by atoms with Crippen molar-refractivity contribution in [1.82, 2.24) is 9.99 Å². The highest BCUT2D eigenvalue weighted by Crippen LogP contribution is 2.35. The van der Waals surface area contributed by atoms with Crippen molar-refractivity contribution in [3.63, 3.8) is 0 Å². The first-order valence-corrected chi connectivity index (χ1v) is 12.3. The number of pyridine rings is 1. The van der Waals surface area contributed by atoms with Crippen molar-refractivity contribution < 1.29 is 9.53 Å². The van der Waals surface area contributed by atoms with Crippen molar-refractivity contribution in [3.8, 4) is 5.75 Å².